The summed E-state index contributed by atoms with van der Waals surface area (Å²) in [5, 5.41) is 18.9. The molecule has 10 heteroatoms. The maximum atomic E-state index is 12.5. The Labute approximate surface area is 159 Å². The number of aromatic nitrogens is 3. The molecule has 0 fully saturated rings. The van der Waals surface area contributed by atoms with Crippen LogP contribution in [0.5, 0.6) is 5.75 Å². The van der Waals surface area contributed by atoms with Crippen molar-refractivity contribution in [3.05, 3.63) is 54.0 Å². The van der Waals surface area contributed by atoms with E-state index in [4.69, 9.17) is 9.84 Å². The number of guanidine groups is 1. The molecule has 3 rings (SSSR count). The number of rotatable bonds is 5. The summed E-state index contributed by atoms with van der Waals surface area (Å²) in [6, 6.07) is 9.73. The van der Waals surface area contributed by atoms with Gasteiger partial charge < -0.3 is 20.5 Å². The molecule has 0 atom stereocenters. The van der Waals surface area contributed by atoms with Gasteiger partial charge in [-0.1, -0.05) is 0 Å². The minimum Gasteiger partial charge on any atom is -0.481 e. The van der Waals surface area contributed by atoms with E-state index in [9.17, 15) is 9.59 Å². The number of carboxylic acids is 1. The first-order chi connectivity index (χ1) is 13.5. The zero-order valence-corrected chi connectivity index (χ0v) is 15.2. The Kier molecular flexibility index (Phi) is 5.49. The van der Waals surface area contributed by atoms with Crippen LogP contribution < -0.4 is 15.4 Å². The summed E-state index contributed by atoms with van der Waals surface area (Å²) >= 11 is 0. The number of aliphatic imine (C=N–C) groups is 1. The van der Waals surface area contributed by atoms with Gasteiger partial charge in [-0.25, -0.2) is 14.3 Å². The van der Waals surface area contributed by atoms with E-state index in [0.717, 1.165) is 5.69 Å². The van der Waals surface area contributed by atoms with Crippen LogP contribution in [-0.2, 0) is 11.2 Å². The Morgan fingerprint density at radius 1 is 1.21 bits per heavy atom. The normalized spacial score (nSPS) is 11.3. The van der Waals surface area contributed by atoms with Crippen molar-refractivity contribution in [2.45, 2.75) is 6.42 Å². The molecule has 2 aromatic heterocycles. The highest BCUT2D eigenvalue weighted by atomic mass is 16.5. The van der Waals surface area contributed by atoms with Gasteiger partial charge >= 0.3 is 11.9 Å². The molecule has 0 bridgehead atoms. The second-order valence-electron chi connectivity index (χ2n) is 5.67. The molecule has 3 N–H and O–H groups in total. The van der Waals surface area contributed by atoms with Gasteiger partial charge in [0, 0.05) is 19.8 Å². The SMILES string of the molecule is CN=C(NC)Nc1ccc(C(=O)Oc2ccc(CC(=O)O)n3ncnc23)cc1. The number of nitrogens with one attached hydrogen (secondary N) is 2. The number of ether oxygens (including phenoxy) is 1. The van der Waals surface area contributed by atoms with Crippen LogP contribution in [0.3, 0.4) is 0 Å². The van der Waals surface area contributed by atoms with Crippen molar-refractivity contribution in [2.75, 3.05) is 19.4 Å². The molecule has 0 unspecified atom stereocenters. The predicted octanol–water partition coefficient (Wildman–Crippen LogP) is 1.19. The zero-order chi connectivity index (χ0) is 20.1. The molecule has 0 amide bonds. The number of nitrogens with zero attached hydrogens (tertiary/aromatic N) is 4. The topological polar surface area (TPSA) is 130 Å². The van der Waals surface area contributed by atoms with E-state index < -0.39 is 11.9 Å². The summed E-state index contributed by atoms with van der Waals surface area (Å²) in [5.41, 5.74) is 1.79. The minimum atomic E-state index is -0.996. The first-order valence-corrected chi connectivity index (χ1v) is 8.29. The number of benzene rings is 1. The van der Waals surface area contributed by atoms with Gasteiger partial charge in [0.25, 0.3) is 0 Å². The average Bonchev–Trinajstić information content (AvgIpc) is 3.18. The Balaban J connectivity index is 1.78. The lowest BCUT2D eigenvalue weighted by molar-refractivity contribution is -0.136. The van der Waals surface area contributed by atoms with Crippen molar-refractivity contribution >= 4 is 29.2 Å². The summed E-state index contributed by atoms with van der Waals surface area (Å²) in [5.74, 6) is -0.786. The van der Waals surface area contributed by atoms with Gasteiger partial charge in [-0.15, -0.1) is 0 Å². The van der Waals surface area contributed by atoms with Crippen molar-refractivity contribution in [1.29, 1.82) is 0 Å². The Bertz CT molecular complexity index is 1040. The van der Waals surface area contributed by atoms with Gasteiger partial charge in [0.15, 0.2) is 17.4 Å². The van der Waals surface area contributed by atoms with Gasteiger partial charge in [-0.3, -0.25) is 9.79 Å². The van der Waals surface area contributed by atoms with E-state index in [1.165, 1.54) is 23.0 Å². The van der Waals surface area contributed by atoms with Crippen LogP contribution in [0.2, 0.25) is 0 Å². The molecule has 144 valence electrons. The van der Waals surface area contributed by atoms with Crippen LogP contribution in [0.1, 0.15) is 16.1 Å². The molecule has 0 aliphatic rings. The zero-order valence-electron chi connectivity index (χ0n) is 15.2. The standard InChI is InChI=1S/C18H18N6O4/c1-19-18(20-2)23-12-5-3-11(4-6-12)17(27)28-14-8-7-13(9-15(25)26)24-16(14)21-10-22-24/h3-8,10H,9H2,1-2H3,(H,25,26)(H2,19,20,23). The van der Waals surface area contributed by atoms with Crippen LogP contribution in [-0.4, -0.2) is 51.7 Å². The Morgan fingerprint density at radius 3 is 2.61 bits per heavy atom. The molecule has 3 aromatic rings. The molecule has 0 saturated heterocycles. The number of carbonyl (C=O) groups excluding carboxylic acids is 1. The molecule has 0 radical (unpaired) electrons. The molecular formula is C18H18N6O4. The first-order valence-electron chi connectivity index (χ1n) is 8.29. The van der Waals surface area contributed by atoms with Crippen LogP contribution in [0.25, 0.3) is 5.65 Å². The van der Waals surface area contributed by atoms with Crippen LogP contribution in [0, 0.1) is 0 Å². The van der Waals surface area contributed by atoms with Crippen molar-refractivity contribution in [3.8, 4) is 5.75 Å². The van der Waals surface area contributed by atoms with Crippen molar-refractivity contribution < 1.29 is 19.4 Å². The Hall–Kier alpha value is -3.95. The van der Waals surface area contributed by atoms with Crippen LogP contribution in [0.4, 0.5) is 5.69 Å². The van der Waals surface area contributed by atoms with Gasteiger partial charge in [0.05, 0.1) is 17.7 Å². The number of carbonyl (C=O) groups is 2. The number of anilines is 1. The maximum Gasteiger partial charge on any atom is 0.343 e. The number of fused-ring (bicyclic) bond motifs is 1. The van der Waals surface area contributed by atoms with Gasteiger partial charge in [-0.05, 0) is 36.4 Å². The summed E-state index contributed by atoms with van der Waals surface area (Å²) in [6.07, 6.45) is 1.05. The number of hydrogen-bond donors (Lipinski definition) is 3. The molecule has 2 heterocycles. The highest BCUT2D eigenvalue weighted by Crippen LogP contribution is 2.21. The third-order valence-corrected chi connectivity index (χ3v) is 3.85. The van der Waals surface area contributed by atoms with Crippen molar-refractivity contribution in [3.63, 3.8) is 0 Å². The van der Waals surface area contributed by atoms with Crippen LogP contribution in [0.15, 0.2) is 47.7 Å². The fourth-order valence-corrected chi connectivity index (χ4v) is 2.52. The highest BCUT2D eigenvalue weighted by Gasteiger charge is 2.15. The van der Waals surface area contributed by atoms with E-state index >= 15 is 0 Å². The Morgan fingerprint density at radius 2 is 1.96 bits per heavy atom. The second-order valence-corrected chi connectivity index (χ2v) is 5.67. The third kappa shape index (κ3) is 4.06. The molecule has 28 heavy (non-hydrogen) atoms. The summed E-state index contributed by atoms with van der Waals surface area (Å²) in [6.45, 7) is 0. The lowest BCUT2D eigenvalue weighted by atomic mass is 10.2. The molecular weight excluding hydrogens is 364 g/mol. The van der Waals surface area contributed by atoms with E-state index in [-0.39, 0.29) is 17.8 Å². The molecule has 0 aliphatic carbocycles. The minimum absolute atomic E-state index is 0.189. The smallest absolute Gasteiger partial charge is 0.343 e. The fraction of sp³-hybridized carbons (Fsp3) is 0.167. The summed E-state index contributed by atoms with van der Waals surface area (Å²) < 4.78 is 6.77. The largest absolute Gasteiger partial charge is 0.481 e. The average molecular weight is 382 g/mol. The van der Waals surface area contributed by atoms with E-state index in [2.05, 4.69) is 25.7 Å². The van der Waals surface area contributed by atoms with Gasteiger partial charge in [-0.2, -0.15) is 5.10 Å². The third-order valence-electron chi connectivity index (χ3n) is 3.85. The van der Waals surface area contributed by atoms with Crippen molar-refractivity contribution in [1.82, 2.24) is 19.9 Å². The van der Waals surface area contributed by atoms with Gasteiger partial charge in [0.1, 0.15) is 6.33 Å². The molecule has 1 aromatic carbocycles. The predicted molar refractivity (Wildman–Crippen MR) is 102 cm³/mol. The molecule has 0 spiro atoms. The number of esters is 1. The lowest BCUT2D eigenvalue weighted by Crippen LogP contribution is -2.26. The van der Waals surface area contributed by atoms with Crippen LogP contribution >= 0.6 is 0 Å². The van der Waals surface area contributed by atoms with Gasteiger partial charge in [0.2, 0.25) is 0 Å². The van der Waals surface area contributed by atoms with E-state index in [1.54, 1.807) is 38.4 Å². The number of carboxylic acid groups (broad SMARTS) is 1. The summed E-state index contributed by atoms with van der Waals surface area (Å²) in [7, 11) is 3.39. The monoisotopic (exact) mass is 382 g/mol. The molecule has 0 saturated carbocycles. The van der Waals surface area contributed by atoms with E-state index in [0.29, 0.717) is 17.2 Å². The quantitative estimate of drug-likeness (QED) is 0.341. The molecule has 0 aliphatic heterocycles. The summed E-state index contributed by atoms with van der Waals surface area (Å²) in [4.78, 5) is 31.5. The number of pyridine rings is 1. The van der Waals surface area contributed by atoms with Crippen molar-refractivity contribution in [2.24, 2.45) is 4.99 Å². The first kappa shape index (κ1) is 18.8. The number of hydrogen-bond acceptors (Lipinski definition) is 6. The number of aliphatic carboxylic acids is 1. The second kappa shape index (κ2) is 8.16. The highest BCUT2D eigenvalue weighted by molar-refractivity contribution is 5.95. The molecule has 10 nitrogen and oxygen atoms in total. The lowest BCUT2D eigenvalue weighted by Gasteiger charge is -2.10. The van der Waals surface area contributed by atoms with E-state index in [1.807, 2.05) is 0 Å². The fourth-order valence-electron chi connectivity index (χ4n) is 2.52. The maximum absolute atomic E-state index is 12.5.